The first kappa shape index (κ1) is 45.9. The van der Waals surface area contributed by atoms with Gasteiger partial charge in [-0.1, -0.05) is 0 Å². The van der Waals surface area contributed by atoms with Crippen LogP contribution in [-0.4, -0.2) is 91.0 Å². The Labute approximate surface area is 264 Å². The van der Waals surface area contributed by atoms with Crippen LogP contribution in [0.15, 0.2) is 24.3 Å². The summed E-state index contributed by atoms with van der Waals surface area (Å²) >= 11 is 0. The van der Waals surface area contributed by atoms with Crippen LogP contribution in [0.25, 0.3) is 0 Å². The molecule has 0 amide bonds. The van der Waals surface area contributed by atoms with Crippen LogP contribution in [0, 0.1) is 0 Å². The van der Waals surface area contributed by atoms with Crippen LogP contribution in [-0.2, 0) is 0 Å². The van der Waals surface area contributed by atoms with Gasteiger partial charge in [-0.05, 0) is 24.3 Å². The number of nitrogens with zero attached hydrogens (tertiary/aromatic N) is 1. The van der Waals surface area contributed by atoms with E-state index >= 15 is 0 Å². The van der Waals surface area contributed by atoms with Gasteiger partial charge in [0.15, 0.2) is 0 Å². The summed E-state index contributed by atoms with van der Waals surface area (Å²) in [7, 11) is 0. The summed E-state index contributed by atoms with van der Waals surface area (Å²) in [5.41, 5.74) is -1.65. The number of hydrogen-bond donors (Lipinski definition) is 0. The predicted molar refractivity (Wildman–Crippen MR) is 115 cm³/mol. The summed E-state index contributed by atoms with van der Waals surface area (Å²) in [5.74, 6) is -79.7. The Bertz CT molecular complexity index is 1280. The van der Waals surface area contributed by atoms with Gasteiger partial charge in [0.25, 0.3) is 0 Å². The van der Waals surface area contributed by atoms with Crippen molar-refractivity contribution in [2.75, 3.05) is 18.0 Å². The molecule has 2 nitrogen and oxygen atoms in total. The monoisotopic (exact) mass is 813 g/mol. The Kier molecular flexibility index (Phi) is 11.8. The van der Waals surface area contributed by atoms with Crippen LogP contribution in [0.5, 0.6) is 0 Å². The zero-order chi connectivity index (χ0) is 41.1. The molecule has 0 unspecified atom stereocenters. The van der Waals surface area contributed by atoms with Gasteiger partial charge >= 0.3 is 71.6 Å². The lowest BCUT2D eigenvalue weighted by molar-refractivity contribution is -0.440. The van der Waals surface area contributed by atoms with Crippen LogP contribution in [0.4, 0.5) is 120 Å². The van der Waals surface area contributed by atoms with E-state index in [2.05, 4.69) is 0 Å². The number of rotatable bonds is 16. The summed E-state index contributed by atoms with van der Waals surface area (Å²) in [6, 6.07) is 1.62. The van der Waals surface area contributed by atoms with E-state index < -0.39 is 114 Å². The minimum absolute atomic E-state index is 0.0739. The van der Waals surface area contributed by atoms with Crippen LogP contribution < -0.4 is 4.90 Å². The van der Waals surface area contributed by atoms with Gasteiger partial charge in [-0.25, -0.2) is 0 Å². The third-order valence-electron chi connectivity index (χ3n) is 6.78. The second-order valence-electron chi connectivity index (χ2n) is 10.2. The van der Waals surface area contributed by atoms with Crippen molar-refractivity contribution in [3.63, 3.8) is 0 Å². The molecule has 298 valence electrons. The third-order valence-corrected chi connectivity index (χ3v) is 6.78. The van der Waals surface area contributed by atoms with Crippen molar-refractivity contribution < 1.29 is 119 Å². The van der Waals surface area contributed by atoms with Crippen molar-refractivity contribution in [2.45, 2.75) is 84.4 Å². The number of anilines is 1. The van der Waals surface area contributed by atoms with E-state index in [-0.39, 0.29) is 6.29 Å². The molecule has 0 aliphatic rings. The average molecular weight is 813 g/mol. The van der Waals surface area contributed by atoms with Gasteiger partial charge in [-0.3, -0.25) is 4.79 Å². The summed E-state index contributed by atoms with van der Waals surface area (Å²) in [6.07, 6.45) is -22.2. The lowest BCUT2D eigenvalue weighted by Crippen LogP contribution is -2.70. The van der Waals surface area contributed by atoms with Crippen molar-refractivity contribution in [3.8, 4) is 0 Å². The van der Waals surface area contributed by atoms with E-state index in [9.17, 15) is 119 Å². The molecular weight excluding hydrogens is 800 g/mol. The molecule has 1 rings (SSSR count). The standard InChI is InChI=1S/C23H13F26NO/c24-12(25,14(28,29)16(32,33)18(36,37)20(40,41)22(44,45)46)5-7-50(11-3-1-10(9-51)2-4-11)8-6-13(26,27)15(30,31)17(34,35)19(38,39)21(42,43)23(47,48)49/h1-4,9H,5-8H2. The van der Waals surface area contributed by atoms with Gasteiger partial charge in [-0.2, -0.15) is 114 Å². The molecule has 0 saturated carbocycles. The molecule has 0 aromatic heterocycles. The van der Waals surface area contributed by atoms with Gasteiger partial charge in [0.2, 0.25) is 0 Å². The van der Waals surface area contributed by atoms with E-state index in [0.29, 0.717) is 24.3 Å². The zero-order valence-electron chi connectivity index (χ0n) is 23.4. The second kappa shape index (κ2) is 13.1. The Morgan fingerprint density at radius 3 is 0.882 bits per heavy atom. The van der Waals surface area contributed by atoms with Crippen molar-refractivity contribution in [1.29, 1.82) is 0 Å². The molecule has 0 spiro atoms. The molecule has 0 heterocycles. The van der Waals surface area contributed by atoms with E-state index in [4.69, 9.17) is 0 Å². The molecule has 28 heteroatoms. The van der Waals surface area contributed by atoms with Crippen molar-refractivity contribution in [3.05, 3.63) is 29.8 Å². The molecule has 0 N–H and O–H groups in total. The molecule has 0 radical (unpaired) electrons. The van der Waals surface area contributed by atoms with E-state index in [0.717, 1.165) is 0 Å². The Morgan fingerprint density at radius 2 is 0.647 bits per heavy atom. The number of aldehydes is 1. The van der Waals surface area contributed by atoms with Crippen LogP contribution in [0.2, 0.25) is 0 Å². The highest BCUT2D eigenvalue weighted by molar-refractivity contribution is 5.75. The second-order valence-corrected chi connectivity index (χ2v) is 10.2. The Morgan fingerprint density at radius 1 is 0.392 bits per heavy atom. The topological polar surface area (TPSA) is 20.3 Å². The largest absolute Gasteiger partial charge is 0.460 e. The SMILES string of the molecule is O=Cc1ccc(N(CCC(F)(F)C(F)(F)C(F)(F)C(F)(F)C(F)(F)C(F)(F)F)CCC(F)(F)C(F)(F)C(F)(F)C(F)(F)C(F)(F)C(F)(F)F)cc1. The highest BCUT2D eigenvalue weighted by Crippen LogP contribution is 2.62. The summed E-state index contributed by atoms with van der Waals surface area (Å²) in [5, 5.41) is 0. The van der Waals surface area contributed by atoms with Gasteiger partial charge in [0.05, 0.1) is 0 Å². The zero-order valence-corrected chi connectivity index (χ0v) is 23.4. The fraction of sp³-hybridized carbons (Fsp3) is 0.696. The number of hydrogen-bond acceptors (Lipinski definition) is 2. The fourth-order valence-corrected chi connectivity index (χ4v) is 3.60. The summed E-state index contributed by atoms with van der Waals surface area (Å²) in [4.78, 5) is 10.2. The maximum Gasteiger partial charge on any atom is 0.460 e. The molecule has 0 aliphatic heterocycles. The van der Waals surface area contributed by atoms with Crippen LogP contribution >= 0.6 is 0 Å². The Balaban J connectivity index is 3.61. The molecule has 0 atom stereocenters. The molecule has 0 aliphatic carbocycles. The molecule has 0 saturated heterocycles. The van der Waals surface area contributed by atoms with Gasteiger partial charge in [0, 0.05) is 37.2 Å². The number of alkyl halides is 26. The van der Waals surface area contributed by atoms with E-state index in [1.165, 1.54) is 0 Å². The summed E-state index contributed by atoms with van der Waals surface area (Å²) < 4.78 is 348. The predicted octanol–water partition coefficient (Wildman–Crippen LogP) is 10.6. The normalized spacial score (nSPS) is 15.6. The first-order valence-electron chi connectivity index (χ1n) is 12.3. The van der Waals surface area contributed by atoms with Crippen LogP contribution in [0.3, 0.4) is 0 Å². The van der Waals surface area contributed by atoms with E-state index in [1.54, 1.807) is 0 Å². The molecule has 0 bridgehead atoms. The fourth-order valence-electron chi connectivity index (χ4n) is 3.60. The molecule has 1 aromatic carbocycles. The first-order valence-corrected chi connectivity index (χ1v) is 12.3. The number of carbonyl (C=O) groups is 1. The molecule has 0 fully saturated rings. The number of halogens is 26. The van der Waals surface area contributed by atoms with Gasteiger partial charge < -0.3 is 4.90 Å². The third kappa shape index (κ3) is 7.15. The summed E-state index contributed by atoms with van der Waals surface area (Å²) in [6.45, 7) is -4.86. The number of benzene rings is 1. The average Bonchev–Trinajstić information content (AvgIpc) is 2.95. The maximum atomic E-state index is 14.3. The van der Waals surface area contributed by atoms with Crippen LogP contribution in [0.1, 0.15) is 23.2 Å². The maximum absolute atomic E-state index is 14.3. The molecule has 51 heavy (non-hydrogen) atoms. The van der Waals surface area contributed by atoms with E-state index in [1.807, 2.05) is 0 Å². The highest BCUT2D eigenvalue weighted by Gasteiger charge is 2.92. The molecule has 1 aromatic rings. The molecular formula is C23H13F26NO. The van der Waals surface area contributed by atoms with Crippen molar-refractivity contribution in [2.24, 2.45) is 0 Å². The van der Waals surface area contributed by atoms with Gasteiger partial charge in [-0.15, -0.1) is 0 Å². The highest BCUT2D eigenvalue weighted by atomic mass is 19.4. The minimum Gasteiger partial charge on any atom is -0.371 e. The minimum atomic E-state index is -8.39. The quantitative estimate of drug-likeness (QED) is 0.122. The van der Waals surface area contributed by atoms with Crippen molar-refractivity contribution >= 4 is 12.0 Å². The number of carbonyl (C=O) groups excluding carboxylic acids is 1. The first-order chi connectivity index (χ1) is 22.1. The lowest BCUT2D eigenvalue weighted by atomic mass is 9.92. The lowest BCUT2D eigenvalue weighted by Gasteiger charge is -2.41. The Hall–Kier alpha value is -3.13. The smallest absolute Gasteiger partial charge is 0.371 e. The van der Waals surface area contributed by atoms with Crippen molar-refractivity contribution in [1.82, 2.24) is 0 Å². The van der Waals surface area contributed by atoms with Gasteiger partial charge in [0.1, 0.15) is 6.29 Å².